The molecular formula is C22H34O5Si. The quantitative estimate of drug-likeness (QED) is 0.152. The lowest BCUT2D eigenvalue weighted by atomic mass is 9.75. The fraction of sp³-hybridized carbons (Fsp3) is 0.682. The monoisotopic (exact) mass is 406 g/mol. The summed E-state index contributed by atoms with van der Waals surface area (Å²) in [6.45, 7) is 14.5. The maximum atomic E-state index is 12.9. The molecule has 0 amide bonds. The van der Waals surface area contributed by atoms with Gasteiger partial charge in [0.15, 0.2) is 8.32 Å². The molecule has 0 saturated heterocycles. The van der Waals surface area contributed by atoms with E-state index in [1.165, 1.54) is 7.11 Å². The first kappa shape index (κ1) is 24.3. The van der Waals surface area contributed by atoms with Crippen molar-refractivity contribution < 1.29 is 23.5 Å². The number of hydrogen-bond acceptors (Lipinski definition) is 5. The van der Waals surface area contributed by atoms with Gasteiger partial charge in [0.1, 0.15) is 12.1 Å². The van der Waals surface area contributed by atoms with Crippen LogP contribution in [-0.2, 0) is 23.5 Å². The van der Waals surface area contributed by atoms with E-state index in [0.29, 0.717) is 19.3 Å². The van der Waals surface area contributed by atoms with E-state index in [1.807, 2.05) is 0 Å². The number of carbonyl (C=O) groups excluding carboxylic acids is 3. The first-order valence-corrected chi connectivity index (χ1v) is 12.7. The number of hydrogen-bond donors (Lipinski definition) is 0. The summed E-state index contributed by atoms with van der Waals surface area (Å²) in [7, 11) is -0.765. The molecule has 0 bridgehead atoms. The molecule has 1 saturated carbocycles. The van der Waals surface area contributed by atoms with E-state index in [4.69, 9.17) is 4.43 Å². The summed E-state index contributed by atoms with van der Waals surface area (Å²) in [5, 5.41) is -0.0116. The molecule has 0 heterocycles. The lowest BCUT2D eigenvalue weighted by Gasteiger charge is -2.40. The molecular weight excluding hydrogens is 372 g/mol. The van der Waals surface area contributed by atoms with E-state index in [2.05, 4.69) is 57.0 Å². The lowest BCUT2D eigenvalue weighted by molar-refractivity contribution is -0.140. The van der Waals surface area contributed by atoms with Crippen LogP contribution in [0.3, 0.4) is 0 Å². The van der Waals surface area contributed by atoms with E-state index in [9.17, 15) is 14.4 Å². The van der Waals surface area contributed by atoms with Crippen LogP contribution in [0.15, 0.2) is 12.7 Å². The van der Waals surface area contributed by atoms with Gasteiger partial charge < -0.3 is 14.0 Å². The molecule has 0 N–H and O–H groups in total. The highest BCUT2D eigenvalue weighted by molar-refractivity contribution is 6.74. The third kappa shape index (κ3) is 5.42. The second-order valence-corrected chi connectivity index (χ2v) is 13.7. The molecule has 156 valence electrons. The topological polar surface area (TPSA) is 69.7 Å². The van der Waals surface area contributed by atoms with Crippen LogP contribution >= 0.6 is 0 Å². The van der Waals surface area contributed by atoms with Crippen molar-refractivity contribution in [2.75, 3.05) is 7.11 Å². The average Bonchev–Trinajstić information content (AvgIpc) is 2.86. The van der Waals surface area contributed by atoms with Gasteiger partial charge in [-0.15, -0.1) is 18.4 Å². The van der Waals surface area contributed by atoms with Crippen molar-refractivity contribution in [1.29, 1.82) is 0 Å². The van der Waals surface area contributed by atoms with Gasteiger partial charge in [0, 0.05) is 25.7 Å². The summed E-state index contributed by atoms with van der Waals surface area (Å²) in [5.41, 5.74) is -0.996. The third-order valence-corrected chi connectivity index (χ3v) is 10.6. The van der Waals surface area contributed by atoms with E-state index < -0.39 is 25.8 Å². The summed E-state index contributed by atoms with van der Waals surface area (Å²) < 4.78 is 11.0. The van der Waals surface area contributed by atoms with Crippen LogP contribution in [0.1, 0.15) is 52.9 Å². The highest BCUT2D eigenvalue weighted by Crippen LogP contribution is 2.47. The minimum atomic E-state index is -2.12. The first-order valence-electron chi connectivity index (χ1n) is 9.77. The zero-order chi connectivity index (χ0) is 21.6. The number of carbonyl (C=O) groups is 3. The van der Waals surface area contributed by atoms with Crippen LogP contribution in [0.4, 0.5) is 0 Å². The predicted octanol–water partition coefficient (Wildman–Crippen LogP) is 4.07. The number of aldehydes is 1. The highest BCUT2D eigenvalue weighted by Gasteiger charge is 2.55. The number of Topliss-reactive ketones (excluding diaryl/α,β-unsaturated/α-hetero) is 1. The van der Waals surface area contributed by atoms with Gasteiger partial charge >= 0.3 is 5.97 Å². The molecule has 0 aliphatic heterocycles. The van der Waals surface area contributed by atoms with Crippen molar-refractivity contribution in [3.63, 3.8) is 0 Å². The van der Waals surface area contributed by atoms with Crippen molar-refractivity contribution in [2.24, 2.45) is 11.3 Å². The maximum absolute atomic E-state index is 12.9. The zero-order valence-electron chi connectivity index (χ0n) is 18.1. The molecule has 28 heavy (non-hydrogen) atoms. The molecule has 1 aliphatic rings. The molecule has 1 aliphatic carbocycles. The Hall–Kier alpha value is -1.71. The molecule has 1 rings (SSSR count). The molecule has 0 radical (unpaired) electrons. The van der Waals surface area contributed by atoms with Crippen LogP contribution in [0, 0.1) is 23.2 Å². The Morgan fingerprint density at radius 2 is 2.00 bits per heavy atom. The Balaban J connectivity index is 2.90. The van der Waals surface area contributed by atoms with Gasteiger partial charge in [-0.1, -0.05) is 26.8 Å². The van der Waals surface area contributed by atoms with Gasteiger partial charge in [0.2, 0.25) is 0 Å². The number of esters is 1. The highest BCUT2D eigenvalue weighted by atomic mass is 28.4. The van der Waals surface area contributed by atoms with Crippen LogP contribution < -0.4 is 0 Å². The van der Waals surface area contributed by atoms with Gasteiger partial charge in [-0.3, -0.25) is 9.59 Å². The minimum Gasteiger partial charge on any atom is -0.469 e. The van der Waals surface area contributed by atoms with E-state index in [0.717, 1.165) is 6.29 Å². The second-order valence-electron chi connectivity index (χ2n) is 8.91. The third-order valence-electron chi connectivity index (χ3n) is 6.08. The first-order chi connectivity index (χ1) is 12.9. The van der Waals surface area contributed by atoms with Crippen molar-refractivity contribution in [1.82, 2.24) is 0 Å². The Morgan fingerprint density at radius 1 is 1.36 bits per heavy atom. The van der Waals surface area contributed by atoms with E-state index in [1.54, 1.807) is 6.08 Å². The van der Waals surface area contributed by atoms with Gasteiger partial charge in [0.05, 0.1) is 24.5 Å². The second kappa shape index (κ2) is 9.66. The number of allylic oxidation sites excluding steroid dienone is 1. The van der Waals surface area contributed by atoms with Crippen LogP contribution in [0.25, 0.3) is 0 Å². The lowest BCUT2D eigenvalue weighted by Crippen LogP contribution is -2.46. The normalized spacial score (nSPS) is 25.0. The van der Waals surface area contributed by atoms with Gasteiger partial charge in [-0.05, 0) is 24.6 Å². The summed E-state index contributed by atoms with van der Waals surface area (Å²) in [6, 6.07) is 0. The van der Waals surface area contributed by atoms with Crippen molar-refractivity contribution in [3.8, 4) is 11.8 Å². The Bertz CT molecular complexity index is 665. The largest absolute Gasteiger partial charge is 0.469 e. The van der Waals surface area contributed by atoms with Crippen LogP contribution in [-0.4, -0.2) is 39.6 Å². The average molecular weight is 407 g/mol. The predicted molar refractivity (Wildman–Crippen MR) is 112 cm³/mol. The van der Waals surface area contributed by atoms with E-state index in [-0.39, 0.29) is 29.6 Å². The molecule has 0 aromatic carbocycles. The number of unbranched alkanes of at least 4 members (excludes halogenated alkanes) is 1. The fourth-order valence-electron chi connectivity index (χ4n) is 3.16. The Morgan fingerprint density at radius 3 is 2.50 bits per heavy atom. The molecule has 0 aromatic heterocycles. The maximum Gasteiger partial charge on any atom is 0.305 e. The van der Waals surface area contributed by atoms with Gasteiger partial charge in [-0.2, -0.15) is 0 Å². The van der Waals surface area contributed by atoms with Crippen molar-refractivity contribution in [2.45, 2.75) is 77.1 Å². The SMILES string of the molecule is C=C[C@@]1(CC#CCCCC(=O)OC)C(=O)C[C@@H](O[Si](C)(C)C(C)(C)C)[C@@H]1C=O. The summed E-state index contributed by atoms with van der Waals surface area (Å²) in [6.07, 6.45) is 3.89. The fourth-order valence-corrected chi connectivity index (χ4v) is 4.50. The Labute approximate surface area is 170 Å². The van der Waals surface area contributed by atoms with Crippen LogP contribution in [0.5, 0.6) is 0 Å². The number of rotatable bonds is 8. The van der Waals surface area contributed by atoms with Gasteiger partial charge in [0.25, 0.3) is 0 Å². The molecule has 6 heteroatoms. The smallest absolute Gasteiger partial charge is 0.305 e. The number of methoxy groups -OCH3 is 1. The standard InChI is InChI=1S/C22H34O5Si/c1-8-22(14-12-10-9-11-13-20(25)26-5)17(16-23)18(15-19(22)24)27-28(6,7)21(2,3)4/h8,16-18H,1,9,11,13-15H2,2-7H3/t17-,18+,22-/m0/s1. The summed E-state index contributed by atoms with van der Waals surface area (Å²) in [5.74, 6) is 5.15. The minimum absolute atomic E-state index is 0.0116. The molecule has 0 aromatic rings. The molecule has 1 fully saturated rings. The summed E-state index contributed by atoms with van der Waals surface area (Å²) in [4.78, 5) is 35.9. The van der Waals surface area contributed by atoms with Crippen molar-refractivity contribution >= 4 is 26.4 Å². The number of ether oxygens (including phenoxy) is 1. The van der Waals surface area contributed by atoms with E-state index >= 15 is 0 Å². The van der Waals surface area contributed by atoms with Gasteiger partial charge in [-0.25, -0.2) is 0 Å². The summed E-state index contributed by atoms with van der Waals surface area (Å²) >= 11 is 0. The van der Waals surface area contributed by atoms with Crippen molar-refractivity contribution in [3.05, 3.63) is 12.7 Å². The zero-order valence-corrected chi connectivity index (χ0v) is 19.1. The molecule has 0 spiro atoms. The molecule has 0 unspecified atom stereocenters. The number of ketones is 1. The Kier molecular flexibility index (Phi) is 8.40. The molecule has 5 nitrogen and oxygen atoms in total. The molecule has 3 atom stereocenters. The van der Waals surface area contributed by atoms with Crippen LogP contribution in [0.2, 0.25) is 18.1 Å².